The van der Waals surface area contributed by atoms with E-state index in [9.17, 15) is 9.59 Å². The van der Waals surface area contributed by atoms with Crippen molar-refractivity contribution in [3.63, 3.8) is 0 Å². The van der Waals surface area contributed by atoms with Gasteiger partial charge in [0.25, 0.3) is 0 Å². The number of carbonyl (C=O) groups is 2. The number of rotatable bonds is 5. The minimum Gasteiger partial charge on any atom is -0.429 e. The summed E-state index contributed by atoms with van der Waals surface area (Å²) in [5.74, 6) is -0.762. The van der Waals surface area contributed by atoms with Crippen LogP contribution >= 0.6 is 0 Å². The fraction of sp³-hybridized carbons (Fsp3) is 0.462. The van der Waals surface area contributed by atoms with E-state index in [1.54, 1.807) is 18.2 Å². The zero-order valence-electron chi connectivity index (χ0n) is 18.5. The second-order valence-corrected chi connectivity index (χ2v) is 8.22. The molecule has 0 aromatic heterocycles. The van der Waals surface area contributed by atoms with Crippen molar-refractivity contribution in [3.05, 3.63) is 60.2 Å². The third-order valence-electron chi connectivity index (χ3n) is 5.73. The summed E-state index contributed by atoms with van der Waals surface area (Å²) in [7, 11) is 0. The summed E-state index contributed by atoms with van der Waals surface area (Å²) in [5.41, 5.74) is 2.12. The van der Waals surface area contributed by atoms with Gasteiger partial charge in [0.1, 0.15) is 6.10 Å². The molecule has 6 heteroatoms. The Morgan fingerprint density at radius 1 is 0.656 bits per heavy atom. The van der Waals surface area contributed by atoms with Crippen LogP contribution in [0.1, 0.15) is 81.0 Å². The molecule has 1 fully saturated rings. The molecule has 32 heavy (non-hydrogen) atoms. The standard InChI is InChI=1S/C26H32O6/c27-25(23-17-13-16-22(20-23)21-14-9-8-10-15-21)30-32-31-26(28)29-24-18-11-6-4-2-1-3-5-7-12-19-24/h8-10,13-17,20,24H,1-7,11-12,18-19H2. The monoisotopic (exact) mass is 440 g/mol. The summed E-state index contributed by atoms with van der Waals surface area (Å²) >= 11 is 0. The first-order chi connectivity index (χ1) is 15.7. The largest absolute Gasteiger partial charge is 0.543 e. The van der Waals surface area contributed by atoms with E-state index in [1.165, 1.54) is 32.1 Å². The van der Waals surface area contributed by atoms with Crippen LogP contribution in [0.15, 0.2) is 54.6 Å². The molecule has 6 nitrogen and oxygen atoms in total. The Labute approximate surface area is 189 Å². The molecule has 172 valence electrons. The van der Waals surface area contributed by atoms with Gasteiger partial charge in [-0.3, -0.25) is 4.89 Å². The molecule has 3 rings (SSSR count). The maximum atomic E-state index is 12.2. The van der Waals surface area contributed by atoms with Crippen molar-refractivity contribution in [1.29, 1.82) is 0 Å². The smallest absolute Gasteiger partial charge is 0.429 e. The van der Waals surface area contributed by atoms with Gasteiger partial charge in [-0.05, 0) is 48.9 Å². The van der Waals surface area contributed by atoms with Crippen LogP contribution in [0.3, 0.4) is 0 Å². The molecular formula is C26H32O6. The zero-order valence-corrected chi connectivity index (χ0v) is 18.5. The lowest BCUT2D eigenvalue weighted by Crippen LogP contribution is -2.20. The van der Waals surface area contributed by atoms with Gasteiger partial charge < -0.3 is 4.74 Å². The van der Waals surface area contributed by atoms with Crippen molar-refractivity contribution < 1.29 is 29.1 Å². The first kappa shape index (κ1) is 23.8. The van der Waals surface area contributed by atoms with Crippen molar-refractivity contribution in [2.45, 2.75) is 76.7 Å². The van der Waals surface area contributed by atoms with Gasteiger partial charge in [-0.2, -0.15) is 0 Å². The van der Waals surface area contributed by atoms with E-state index in [2.05, 4.69) is 14.8 Å². The van der Waals surface area contributed by atoms with Crippen LogP contribution in [0.2, 0.25) is 0 Å². The quantitative estimate of drug-likeness (QED) is 0.278. The van der Waals surface area contributed by atoms with Crippen molar-refractivity contribution in [2.75, 3.05) is 0 Å². The van der Waals surface area contributed by atoms with Crippen LogP contribution in [0.25, 0.3) is 11.1 Å². The highest BCUT2D eigenvalue weighted by Crippen LogP contribution is 2.21. The Morgan fingerprint density at radius 2 is 1.25 bits per heavy atom. The second kappa shape index (κ2) is 13.5. The summed E-state index contributed by atoms with van der Waals surface area (Å²) in [5, 5.41) is 4.41. The molecule has 1 saturated carbocycles. The molecular weight excluding hydrogens is 408 g/mol. The topological polar surface area (TPSA) is 71.1 Å². The third kappa shape index (κ3) is 8.35. The van der Waals surface area contributed by atoms with Crippen LogP contribution < -0.4 is 0 Å². The maximum absolute atomic E-state index is 12.2. The molecule has 0 aliphatic heterocycles. The number of carbonyl (C=O) groups excluding carboxylic acids is 2. The van der Waals surface area contributed by atoms with Crippen LogP contribution in [-0.2, 0) is 19.6 Å². The van der Waals surface area contributed by atoms with Crippen LogP contribution in [-0.4, -0.2) is 18.2 Å². The van der Waals surface area contributed by atoms with Gasteiger partial charge in [0.2, 0.25) is 0 Å². The highest BCUT2D eigenvalue weighted by Gasteiger charge is 2.18. The van der Waals surface area contributed by atoms with E-state index in [-0.39, 0.29) is 11.7 Å². The molecule has 0 unspecified atom stereocenters. The molecule has 0 bridgehead atoms. The van der Waals surface area contributed by atoms with Gasteiger partial charge in [0, 0.05) is 0 Å². The average Bonchev–Trinajstić information content (AvgIpc) is 2.81. The van der Waals surface area contributed by atoms with Crippen molar-refractivity contribution >= 4 is 12.1 Å². The second-order valence-electron chi connectivity index (χ2n) is 8.22. The van der Waals surface area contributed by atoms with E-state index < -0.39 is 12.1 Å². The minimum atomic E-state index is -0.993. The number of hydrogen-bond acceptors (Lipinski definition) is 6. The third-order valence-corrected chi connectivity index (χ3v) is 5.73. The Hall–Kier alpha value is -2.86. The van der Waals surface area contributed by atoms with Gasteiger partial charge in [-0.15, -0.1) is 0 Å². The molecule has 0 atom stereocenters. The fourth-order valence-corrected chi connectivity index (χ4v) is 3.98. The predicted octanol–water partition coefficient (Wildman–Crippen LogP) is 7.18. The summed E-state index contributed by atoms with van der Waals surface area (Å²) in [6.45, 7) is 0. The van der Waals surface area contributed by atoms with Crippen molar-refractivity contribution in [2.24, 2.45) is 0 Å². The molecule has 2 aromatic carbocycles. The minimum absolute atomic E-state index is 0.205. The maximum Gasteiger partial charge on any atom is 0.543 e. The lowest BCUT2D eigenvalue weighted by atomic mass is 9.99. The zero-order chi connectivity index (χ0) is 22.4. The van der Waals surface area contributed by atoms with E-state index in [0.717, 1.165) is 49.7 Å². The van der Waals surface area contributed by atoms with E-state index in [0.29, 0.717) is 0 Å². The normalized spacial score (nSPS) is 16.2. The summed E-state index contributed by atoms with van der Waals surface area (Å²) in [4.78, 5) is 33.4. The summed E-state index contributed by atoms with van der Waals surface area (Å²) in [6, 6.07) is 16.6. The van der Waals surface area contributed by atoms with Crippen molar-refractivity contribution in [3.8, 4) is 11.1 Å². The van der Waals surface area contributed by atoms with E-state index in [4.69, 9.17) is 4.74 Å². The SMILES string of the molecule is O=C(OOOC(=O)c1cccc(-c2ccccc2)c1)OC1CCCCCCCCCCC1. The molecule has 0 spiro atoms. The first-order valence-corrected chi connectivity index (χ1v) is 11.6. The fourth-order valence-electron chi connectivity index (χ4n) is 3.98. The molecule has 0 heterocycles. The highest BCUT2D eigenvalue weighted by atomic mass is 17.5. The number of hydrogen-bond donors (Lipinski definition) is 0. The highest BCUT2D eigenvalue weighted by molar-refractivity contribution is 5.90. The lowest BCUT2D eigenvalue weighted by Gasteiger charge is -2.17. The molecule has 2 aromatic rings. The number of ether oxygens (including phenoxy) is 1. The Kier molecular flexibility index (Phi) is 10.1. The predicted molar refractivity (Wildman–Crippen MR) is 121 cm³/mol. The lowest BCUT2D eigenvalue weighted by molar-refractivity contribution is -0.453. The Morgan fingerprint density at radius 3 is 1.91 bits per heavy atom. The van der Waals surface area contributed by atoms with Crippen LogP contribution in [0.5, 0.6) is 0 Å². The van der Waals surface area contributed by atoms with Crippen LogP contribution in [0.4, 0.5) is 4.79 Å². The molecule has 0 radical (unpaired) electrons. The van der Waals surface area contributed by atoms with E-state index >= 15 is 0 Å². The average molecular weight is 441 g/mol. The summed E-state index contributed by atoms with van der Waals surface area (Å²) in [6.07, 6.45) is 11.1. The Balaban J connectivity index is 1.43. The van der Waals surface area contributed by atoms with E-state index in [1.807, 2.05) is 36.4 Å². The van der Waals surface area contributed by atoms with Crippen molar-refractivity contribution in [1.82, 2.24) is 0 Å². The number of benzene rings is 2. The van der Waals surface area contributed by atoms with Gasteiger partial charge in [-0.25, -0.2) is 14.5 Å². The molecule has 1 aliphatic rings. The summed E-state index contributed by atoms with van der Waals surface area (Å²) < 4.78 is 5.38. The van der Waals surface area contributed by atoms with Crippen LogP contribution in [0, 0.1) is 0 Å². The van der Waals surface area contributed by atoms with Gasteiger partial charge >= 0.3 is 12.1 Å². The van der Waals surface area contributed by atoms with Gasteiger partial charge in [0.05, 0.1) is 10.6 Å². The molecule has 0 N–H and O–H groups in total. The molecule has 0 saturated heterocycles. The van der Waals surface area contributed by atoms with Gasteiger partial charge in [-0.1, -0.05) is 87.4 Å². The van der Waals surface area contributed by atoms with Gasteiger partial charge in [0.15, 0.2) is 0 Å². The Bertz CT molecular complexity index is 823. The molecule has 1 aliphatic carbocycles. The first-order valence-electron chi connectivity index (χ1n) is 11.6. The molecule has 0 amide bonds.